The molecule has 0 aliphatic rings. The van der Waals surface area contributed by atoms with Gasteiger partial charge in [0, 0.05) is 11.1 Å². The van der Waals surface area contributed by atoms with E-state index in [1.54, 1.807) is 7.11 Å². The van der Waals surface area contributed by atoms with Gasteiger partial charge in [0.25, 0.3) is 0 Å². The Morgan fingerprint density at radius 3 is 2.22 bits per heavy atom. The Bertz CT molecular complexity index is 568. The molecule has 2 aromatic rings. The van der Waals surface area contributed by atoms with E-state index >= 15 is 0 Å². The molecule has 0 heterocycles. The minimum atomic E-state index is 0.0511. The number of ketones is 1. The molecule has 2 heteroatoms. The lowest BCUT2D eigenvalue weighted by molar-refractivity contribution is 0.103. The second-order valence-electron chi connectivity index (χ2n) is 4.38. The van der Waals surface area contributed by atoms with Crippen LogP contribution in [0, 0.1) is 13.8 Å². The van der Waals surface area contributed by atoms with Gasteiger partial charge < -0.3 is 4.74 Å². The van der Waals surface area contributed by atoms with Gasteiger partial charge in [0.15, 0.2) is 5.78 Å². The zero-order chi connectivity index (χ0) is 13.1. The first-order valence-corrected chi connectivity index (χ1v) is 5.88. The van der Waals surface area contributed by atoms with Crippen molar-refractivity contribution >= 4 is 5.78 Å². The lowest BCUT2D eigenvalue weighted by atomic mass is 9.98. The van der Waals surface area contributed by atoms with E-state index in [0.717, 1.165) is 22.4 Å². The van der Waals surface area contributed by atoms with Crippen molar-refractivity contribution in [1.29, 1.82) is 0 Å². The molecule has 0 aliphatic heterocycles. The van der Waals surface area contributed by atoms with Crippen LogP contribution in [0.5, 0.6) is 5.75 Å². The van der Waals surface area contributed by atoms with E-state index < -0.39 is 0 Å². The number of ether oxygens (including phenoxy) is 1. The van der Waals surface area contributed by atoms with Crippen molar-refractivity contribution < 1.29 is 9.53 Å². The standard InChI is InChI=1S/C16H16O2/c1-11-4-6-13(7-5-11)16(17)15-9-8-14(18-3)10-12(15)2/h4-10H,1-3H3. The van der Waals surface area contributed by atoms with Gasteiger partial charge in [0.2, 0.25) is 0 Å². The zero-order valence-corrected chi connectivity index (χ0v) is 10.9. The van der Waals surface area contributed by atoms with E-state index in [-0.39, 0.29) is 5.78 Å². The van der Waals surface area contributed by atoms with Crippen LogP contribution in [0.15, 0.2) is 42.5 Å². The van der Waals surface area contributed by atoms with Crippen molar-refractivity contribution in [3.63, 3.8) is 0 Å². The average molecular weight is 240 g/mol. The summed E-state index contributed by atoms with van der Waals surface area (Å²) in [4.78, 5) is 12.3. The number of rotatable bonds is 3. The fraction of sp³-hybridized carbons (Fsp3) is 0.188. The fourth-order valence-electron chi connectivity index (χ4n) is 1.88. The molecule has 2 rings (SSSR count). The molecule has 0 saturated heterocycles. The van der Waals surface area contributed by atoms with Crippen molar-refractivity contribution in [2.45, 2.75) is 13.8 Å². The number of aryl methyl sites for hydroxylation is 2. The highest BCUT2D eigenvalue weighted by Crippen LogP contribution is 2.20. The van der Waals surface area contributed by atoms with Crippen LogP contribution in [-0.2, 0) is 0 Å². The van der Waals surface area contributed by atoms with Crippen LogP contribution in [0.3, 0.4) is 0 Å². The maximum absolute atomic E-state index is 12.3. The van der Waals surface area contributed by atoms with E-state index in [1.807, 2.05) is 56.3 Å². The third kappa shape index (κ3) is 2.43. The van der Waals surface area contributed by atoms with Crippen LogP contribution >= 0.6 is 0 Å². The molecular weight excluding hydrogens is 224 g/mol. The van der Waals surface area contributed by atoms with Gasteiger partial charge in [-0.3, -0.25) is 4.79 Å². The summed E-state index contributed by atoms with van der Waals surface area (Å²) in [6.45, 7) is 3.93. The average Bonchev–Trinajstić information content (AvgIpc) is 2.38. The van der Waals surface area contributed by atoms with E-state index in [9.17, 15) is 4.79 Å². The first-order chi connectivity index (χ1) is 8.61. The van der Waals surface area contributed by atoms with E-state index in [2.05, 4.69) is 0 Å². The fourth-order valence-corrected chi connectivity index (χ4v) is 1.88. The van der Waals surface area contributed by atoms with E-state index in [4.69, 9.17) is 4.74 Å². The summed E-state index contributed by atoms with van der Waals surface area (Å²) in [5.41, 5.74) is 3.52. The van der Waals surface area contributed by atoms with Crippen LogP contribution in [0.25, 0.3) is 0 Å². The predicted molar refractivity (Wildman–Crippen MR) is 72.3 cm³/mol. The van der Waals surface area contributed by atoms with Gasteiger partial charge in [-0.1, -0.05) is 29.8 Å². The van der Waals surface area contributed by atoms with Crippen LogP contribution in [-0.4, -0.2) is 12.9 Å². The van der Waals surface area contributed by atoms with Crippen molar-refractivity contribution in [3.8, 4) is 5.75 Å². The molecule has 0 spiro atoms. The molecular formula is C16H16O2. The smallest absolute Gasteiger partial charge is 0.193 e. The molecule has 0 saturated carbocycles. The van der Waals surface area contributed by atoms with Gasteiger partial charge in [0.1, 0.15) is 5.75 Å². The minimum Gasteiger partial charge on any atom is -0.497 e. The Morgan fingerprint density at radius 2 is 1.67 bits per heavy atom. The number of hydrogen-bond donors (Lipinski definition) is 0. The minimum absolute atomic E-state index is 0.0511. The topological polar surface area (TPSA) is 26.3 Å². The molecule has 0 amide bonds. The van der Waals surface area contributed by atoms with Crippen LogP contribution in [0.1, 0.15) is 27.0 Å². The maximum Gasteiger partial charge on any atom is 0.193 e. The molecule has 2 nitrogen and oxygen atoms in total. The molecule has 0 atom stereocenters. The van der Waals surface area contributed by atoms with Crippen molar-refractivity contribution in [2.24, 2.45) is 0 Å². The van der Waals surface area contributed by atoms with Crippen LogP contribution in [0.4, 0.5) is 0 Å². The van der Waals surface area contributed by atoms with Crippen LogP contribution < -0.4 is 4.74 Å². The maximum atomic E-state index is 12.3. The number of benzene rings is 2. The molecule has 0 aromatic heterocycles. The third-order valence-electron chi connectivity index (χ3n) is 2.99. The van der Waals surface area contributed by atoms with E-state index in [1.165, 1.54) is 0 Å². The highest BCUT2D eigenvalue weighted by molar-refractivity contribution is 6.09. The number of carbonyl (C=O) groups excluding carboxylic acids is 1. The number of methoxy groups -OCH3 is 1. The lowest BCUT2D eigenvalue weighted by Gasteiger charge is -2.07. The molecule has 18 heavy (non-hydrogen) atoms. The van der Waals surface area contributed by atoms with Gasteiger partial charge >= 0.3 is 0 Å². The van der Waals surface area contributed by atoms with Gasteiger partial charge in [-0.15, -0.1) is 0 Å². The molecule has 0 unspecified atom stereocenters. The Morgan fingerprint density at radius 1 is 1.00 bits per heavy atom. The molecule has 0 aliphatic carbocycles. The Labute approximate surface area is 107 Å². The van der Waals surface area contributed by atoms with Gasteiger partial charge in [-0.2, -0.15) is 0 Å². The second kappa shape index (κ2) is 5.05. The molecule has 0 radical (unpaired) electrons. The summed E-state index contributed by atoms with van der Waals surface area (Å²) in [7, 11) is 1.62. The van der Waals surface area contributed by atoms with Gasteiger partial charge in [0.05, 0.1) is 7.11 Å². The summed E-state index contributed by atoms with van der Waals surface area (Å²) in [6.07, 6.45) is 0. The normalized spacial score (nSPS) is 10.2. The zero-order valence-electron chi connectivity index (χ0n) is 10.9. The summed E-state index contributed by atoms with van der Waals surface area (Å²) >= 11 is 0. The van der Waals surface area contributed by atoms with Crippen LogP contribution in [0.2, 0.25) is 0 Å². The summed E-state index contributed by atoms with van der Waals surface area (Å²) in [5, 5.41) is 0. The first-order valence-electron chi connectivity index (χ1n) is 5.88. The summed E-state index contributed by atoms with van der Waals surface area (Å²) < 4.78 is 5.14. The van der Waals surface area contributed by atoms with Crippen molar-refractivity contribution in [2.75, 3.05) is 7.11 Å². The van der Waals surface area contributed by atoms with E-state index in [0.29, 0.717) is 5.56 Å². The quantitative estimate of drug-likeness (QED) is 0.767. The summed E-state index contributed by atoms with van der Waals surface area (Å²) in [6, 6.07) is 13.1. The highest BCUT2D eigenvalue weighted by Gasteiger charge is 2.11. The second-order valence-corrected chi connectivity index (χ2v) is 4.38. The Balaban J connectivity index is 2.37. The predicted octanol–water partition coefficient (Wildman–Crippen LogP) is 3.54. The first kappa shape index (κ1) is 12.4. The van der Waals surface area contributed by atoms with Crippen molar-refractivity contribution in [1.82, 2.24) is 0 Å². The molecule has 0 N–H and O–H groups in total. The summed E-state index contributed by atoms with van der Waals surface area (Å²) in [5.74, 6) is 0.822. The monoisotopic (exact) mass is 240 g/mol. The number of hydrogen-bond acceptors (Lipinski definition) is 2. The third-order valence-corrected chi connectivity index (χ3v) is 2.99. The highest BCUT2D eigenvalue weighted by atomic mass is 16.5. The Hall–Kier alpha value is -2.09. The van der Waals surface area contributed by atoms with Gasteiger partial charge in [-0.05, 0) is 37.6 Å². The molecule has 92 valence electrons. The number of carbonyl (C=O) groups is 1. The van der Waals surface area contributed by atoms with Gasteiger partial charge in [-0.25, -0.2) is 0 Å². The molecule has 2 aromatic carbocycles. The SMILES string of the molecule is COc1ccc(C(=O)c2ccc(C)cc2)c(C)c1. The largest absolute Gasteiger partial charge is 0.497 e. The lowest BCUT2D eigenvalue weighted by Crippen LogP contribution is -2.03. The Kier molecular flexibility index (Phi) is 3.47. The van der Waals surface area contributed by atoms with Crippen molar-refractivity contribution in [3.05, 3.63) is 64.7 Å². The molecule has 0 bridgehead atoms. The molecule has 0 fully saturated rings.